The van der Waals surface area contributed by atoms with E-state index >= 15 is 0 Å². The molecule has 5 heteroatoms. The number of rotatable bonds is 6. The summed E-state index contributed by atoms with van der Waals surface area (Å²) in [6.45, 7) is 6.32. The van der Waals surface area contributed by atoms with Crippen molar-refractivity contribution < 1.29 is 8.42 Å². The number of sulfonamides is 1. The van der Waals surface area contributed by atoms with Crippen molar-refractivity contribution in [2.24, 2.45) is 0 Å². The predicted octanol–water partition coefficient (Wildman–Crippen LogP) is 2.16. The largest absolute Gasteiger partial charge is 0.318 e. The zero-order valence-corrected chi connectivity index (χ0v) is 12.2. The fraction of sp³-hybridized carbons (Fsp3) is 0.538. The number of hydrogen-bond acceptors (Lipinski definition) is 3. The van der Waals surface area contributed by atoms with Crippen molar-refractivity contribution in [1.82, 2.24) is 5.32 Å². The maximum atomic E-state index is 12.0. The van der Waals surface area contributed by atoms with Crippen LogP contribution in [0.1, 0.15) is 32.3 Å². The Hall–Kier alpha value is -1.07. The zero-order chi connectivity index (χ0) is 13.8. The van der Waals surface area contributed by atoms with Crippen LogP contribution in [0.5, 0.6) is 0 Å². The third-order valence-corrected chi connectivity index (χ3v) is 4.61. The Morgan fingerprint density at radius 3 is 2.11 bits per heavy atom. The van der Waals surface area contributed by atoms with Gasteiger partial charge in [-0.05, 0) is 37.6 Å². The van der Waals surface area contributed by atoms with Crippen LogP contribution in [-0.2, 0) is 10.0 Å². The molecule has 0 fully saturated rings. The fourth-order valence-corrected chi connectivity index (χ4v) is 2.65. The molecule has 0 radical (unpaired) electrons. The van der Waals surface area contributed by atoms with Crippen LogP contribution in [0.25, 0.3) is 0 Å². The molecule has 0 amide bonds. The first-order chi connectivity index (χ1) is 8.36. The molecule has 4 nitrogen and oxygen atoms in total. The van der Waals surface area contributed by atoms with Crippen LogP contribution >= 0.6 is 0 Å². The lowest BCUT2D eigenvalue weighted by Gasteiger charge is -2.15. The third-order valence-electron chi connectivity index (χ3n) is 2.86. The normalized spacial score (nSPS) is 13.6. The van der Waals surface area contributed by atoms with Gasteiger partial charge in [0.15, 0.2) is 0 Å². The van der Waals surface area contributed by atoms with Crippen LogP contribution in [0.2, 0.25) is 0 Å². The minimum Gasteiger partial charge on any atom is -0.318 e. The zero-order valence-electron chi connectivity index (χ0n) is 11.4. The maximum absolute atomic E-state index is 12.0. The lowest BCUT2D eigenvalue weighted by atomic mass is 10.0. The highest BCUT2D eigenvalue weighted by Gasteiger charge is 2.19. The van der Waals surface area contributed by atoms with Gasteiger partial charge >= 0.3 is 0 Å². The molecule has 1 atom stereocenters. The Labute approximate surface area is 110 Å². The summed E-state index contributed by atoms with van der Waals surface area (Å²) in [7, 11) is -1.58. The first-order valence-corrected chi connectivity index (χ1v) is 7.67. The van der Waals surface area contributed by atoms with Gasteiger partial charge in [0.2, 0.25) is 10.0 Å². The number of hydrogen-bond donors (Lipinski definition) is 2. The van der Waals surface area contributed by atoms with Crippen molar-refractivity contribution in [2.45, 2.75) is 31.9 Å². The molecule has 0 aliphatic heterocycles. The second kappa shape index (κ2) is 6.20. The molecular weight excluding hydrogens is 248 g/mol. The van der Waals surface area contributed by atoms with Gasteiger partial charge in [0.05, 0.1) is 5.25 Å². The molecule has 2 N–H and O–H groups in total. The smallest absolute Gasteiger partial charge is 0.236 e. The highest BCUT2D eigenvalue weighted by molar-refractivity contribution is 7.93. The predicted molar refractivity (Wildman–Crippen MR) is 76.5 cm³/mol. The Morgan fingerprint density at radius 2 is 1.67 bits per heavy atom. The van der Waals surface area contributed by atoms with Gasteiger partial charge in [-0.3, -0.25) is 4.72 Å². The molecule has 18 heavy (non-hydrogen) atoms. The molecule has 0 saturated carbocycles. The Balaban J connectivity index is 2.78. The Bertz CT molecular complexity index is 466. The molecule has 1 unspecified atom stereocenters. The summed E-state index contributed by atoms with van der Waals surface area (Å²) < 4.78 is 26.5. The van der Waals surface area contributed by atoms with Gasteiger partial charge in [0.1, 0.15) is 0 Å². The van der Waals surface area contributed by atoms with Crippen molar-refractivity contribution >= 4 is 15.7 Å². The molecule has 1 rings (SSSR count). The molecule has 1 aromatic carbocycles. The van der Waals surface area contributed by atoms with Crippen molar-refractivity contribution in [1.29, 1.82) is 0 Å². The third kappa shape index (κ3) is 3.99. The van der Waals surface area contributed by atoms with E-state index < -0.39 is 15.3 Å². The average molecular weight is 270 g/mol. The quantitative estimate of drug-likeness (QED) is 0.833. The number of nitrogens with one attached hydrogen (secondary N) is 2. The van der Waals surface area contributed by atoms with Gasteiger partial charge in [0, 0.05) is 12.2 Å². The van der Waals surface area contributed by atoms with E-state index in [9.17, 15) is 8.42 Å². The van der Waals surface area contributed by atoms with Gasteiger partial charge in [0.25, 0.3) is 0 Å². The van der Waals surface area contributed by atoms with Gasteiger partial charge in [-0.2, -0.15) is 0 Å². The molecule has 0 spiro atoms. The van der Waals surface area contributed by atoms with E-state index in [2.05, 4.69) is 23.9 Å². The summed E-state index contributed by atoms with van der Waals surface area (Å²) in [6.07, 6.45) is 0. The highest BCUT2D eigenvalue weighted by Crippen LogP contribution is 2.18. The van der Waals surface area contributed by atoms with Crippen LogP contribution in [0, 0.1) is 0 Å². The van der Waals surface area contributed by atoms with E-state index in [1.165, 1.54) is 5.56 Å². The molecule has 0 heterocycles. The molecular formula is C13H22N2O2S. The summed E-state index contributed by atoms with van der Waals surface area (Å²) in [5.74, 6) is 0.443. The second-order valence-electron chi connectivity index (χ2n) is 4.79. The molecule has 102 valence electrons. The molecule has 0 aliphatic rings. The van der Waals surface area contributed by atoms with Crippen molar-refractivity contribution in [3.05, 3.63) is 29.8 Å². The fourth-order valence-electron chi connectivity index (χ4n) is 1.60. The standard InChI is InChI=1S/C13H22N2O2S/c1-10(2)12-5-7-13(8-6-12)15-18(16,17)11(3)9-14-4/h5-8,10-11,14-15H,9H2,1-4H3. The van der Waals surface area contributed by atoms with Crippen LogP contribution in [-0.4, -0.2) is 27.3 Å². The van der Waals surface area contributed by atoms with Crippen LogP contribution in [0.3, 0.4) is 0 Å². The summed E-state index contributed by atoms with van der Waals surface area (Å²) in [4.78, 5) is 0. The van der Waals surface area contributed by atoms with Crippen LogP contribution < -0.4 is 10.0 Å². The van der Waals surface area contributed by atoms with E-state index in [0.717, 1.165) is 0 Å². The van der Waals surface area contributed by atoms with Crippen molar-refractivity contribution in [3.63, 3.8) is 0 Å². The summed E-state index contributed by atoms with van der Waals surface area (Å²) in [5, 5.41) is 2.40. The highest BCUT2D eigenvalue weighted by atomic mass is 32.2. The minimum absolute atomic E-state index is 0.430. The van der Waals surface area contributed by atoms with Crippen molar-refractivity contribution in [2.75, 3.05) is 18.3 Å². The van der Waals surface area contributed by atoms with Crippen LogP contribution in [0.15, 0.2) is 24.3 Å². The molecule has 1 aromatic rings. The topological polar surface area (TPSA) is 58.2 Å². The maximum Gasteiger partial charge on any atom is 0.236 e. The Morgan fingerprint density at radius 1 is 1.11 bits per heavy atom. The average Bonchev–Trinajstić information content (AvgIpc) is 2.29. The van der Waals surface area contributed by atoms with E-state index in [1.807, 2.05) is 12.1 Å². The van der Waals surface area contributed by atoms with Gasteiger partial charge < -0.3 is 5.32 Å². The summed E-state index contributed by atoms with van der Waals surface area (Å²) in [5.41, 5.74) is 1.81. The van der Waals surface area contributed by atoms with E-state index in [-0.39, 0.29) is 0 Å². The Kier molecular flexibility index (Phi) is 5.16. The SMILES string of the molecule is CNCC(C)S(=O)(=O)Nc1ccc(C(C)C)cc1. The van der Waals surface area contributed by atoms with Gasteiger partial charge in [-0.15, -0.1) is 0 Å². The van der Waals surface area contributed by atoms with Crippen molar-refractivity contribution in [3.8, 4) is 0 Å². The minimum atomic E-state index is -3.32. The molecule has 0 aromatic heterocycles. The monoisotopic (exact) mass is 270 g/mol. The first-order valence-electron chi connectivity index (χ1n) is 6.13. The summed E-state index contributed by atoms with van der Waals surface area (Å²) >= 11 is 0. The molecule has 0 saturated heterocycles. The second-order valence-corrected chi connectivity index (χ2v) is 6.89. The van der Waals surface area contributed by atoms with E-state index in [4.69, 9.17) is 0 Å². The molecule has 0 bridgehead atoms. The number of benzene rings is 1. The van der Waals surface area contributed by atoms with Gasteiger partial charge in [-0.25, -0.2) is 8.42 Å². The lowest BCUT2D eigenvalue weighted by Crippen LogP contribution is -2.33. The van der Waals surface area contributed by atoms with Crippen LogP contribution in [0.4, 0.5) is 5.69 Å². The van der Waals surface area contributed by atoms with Gasteiger partial charge in [-0.1, -0.05) is 26.0 Å². The van der Waals surface area contributed by atoms with E-state index in [1.54, 1.807) is 26.1 Å². The number of anilines is 1. The first kappa shape index (κ1) is 15.0. The lowest BCUT2D eigenvalue weighted by molar-refractivity contribution is 0.584. The summed E-state index contributed by atoms with van der Waals surface area (Å²) in [6, 6.07) is 7.51. The van der Waals surface area contributed by atoms with E-state index in [0.29, 0.717) is 18.2 Å². The molecule has 0 aliphatic carbocycles.